The topological polar surface area (TPSA) is 102 Å². The Bertz CT molecular complexity index is 990. The standard InChI is InChI=1S/C41H69NO7/c1-6-8-10-12-14-16-17-18-19-20-21-22-23-24-26-27-29-31-39(43)48-36-37(35-47-34-33-38(41(45)46)42(3,4)5)49-40(44)32-30-28-25-15-13-11-9-7-2/h14,16,18-19,21-22,24-26,28,37-38H,6-13,15,17,20,23,27,29-36H2,1-5H3/b16-14+,19-18+,22-21+,26-24+,28-25+. The first kappa shape index (κ1) is 46.0. The van der Waals surface area contributed by atoms with Gasteiger partial charge in [0.05, 0.1) is 40.3 Å². The van der Waals surface area contributed by atoms with Crippen LogP contribution in [0.5, 0.6) is 0 Å². The lowest BCUT2D eigenvalue weighted by atomic mass is 10.1. The summed E-state index contributed by atoms with van der Waals surface area (Å²) >= 11 is 0. The number of likely N-dealkylation sites (N-methyl/N-ethyl adjacent to an activating group) is 1. The Balaban J connectivity index is 4.51. The van der Waals surface area contributed by atoms with Gasteiger partial charge in [0.25, 0.3) is 0 Å². The number of quaternary nitrogens is 1. The first-order valence-corrected chi connectivity index (χ1v) is 18.8. The molecule has 0 heterocycles. The number of unbranched alkanes of at least 4 members (excludes halogenated alkanes) is 8. The van der Waals surface area contributed by atoms with Crippen LogP contribution in [-0.2, 0) is 28.6 Å². The van der Waals surface area contributed by atoms with E-state index in [4.69, 9.17) is 14.2 Å². The number of esters is 2. The van der Waals surface area contributed by atoms with Crippen molar-refractivity contribution in [1.82, 2.24) is 0 Å². The van der Waals surface area contributed by atoms with Gasteiger partial charge in [0, 0.05) is 19.3 Å². The molecule has 0 aliphatic rings. The van der Waals surface area contributed by atoms with Gasteiger partial charge in [0.15, 0.2) is 6.10 Å². The largest absolute Gasteiger partial charge is 0.544 e. The molecule has 0 radical (unpaired) electrons. The molecule has 0 aromatic heterocycles. The van der Waals surface area contributed by atoms with Crippen LogP contribution >= 0.6 is 0 Å². The monoisotopic (exact) mass is 688 g/mol. The number of allylic oxidation sites excluding steroid dienone is 10. The summed E-state index contributed by atoms with van der Waals surface area (Å²) < 4.78 is 16.9. The van der Waals surface area contributed by atoms with Gasteiger partial charge in [-0.15, -0.1) is 0 Å². The Kier molecular flexibility index (Phi) is 30.3. The molecular weight excluding hydrogens is 618 g/mol. The number of carbonyl (C=O) groups is 3. The molecule has 8 heteroatoms. The summed E-state index contributed by atoms with van der Waals surface area (Å²) in [6.45, 7) is 4.45. The Labute approximate surface area is 298 Å². The molecule has 0 aliphatic carbocycles. The van der Waals surface area contributed by atoms with Crippen molar-refractivity contribution < 1.29 is 38.2 Å². The summed E-state index contributed by atoms with van der Waals surface area (Å²) in [5, 5.41) is 11.5. The molecule has 0 saturated carbocycles. The van der Waals surface area contributed by atoms with Crippen molar-refractivity contribution in [3.63, 3.8) is 0 Å². The molecule has 2 unspecified atom stereocenters. The third-order valence-corrected chi connectivity index (χ3v) is 7.89. The van der Waals surface area contributed by atoms with Gasteiger partial charge in [-0.05, 0) is 64.2 Å². The molecule has 8 nitrogen and oxygen atoms in total. The Morgan fingerprint density at radius 3 is 1.69 bits per heavy atom. The Morgan fingerprint density at radius 1 is 0.612 bits per heavy atom. The SMILES string of the molecule is CCCCC/C=C/C/C=C/C/C=C/C/C=C/CCCC(=O)OCC(COCCC(C(=O)[O-])[N+](C)(C)C)OC(=O)CC/C=C/CCCCCC. The average Bonchev–Trinajstić information content (AvgIpc) is 3.05. The smallest absolute Gasteiger partial charge is 0.306 e. The number of carbonyl (C=O) groups excluding carboxylic acids is 3. The number of nitrogens with zero attached hydrogens (tertiary/aromatic N) is 1. The van der Waals surface area contributed by atoms with Crippen molar-refractivity contribution in [3.8, 4) is 0 Å². The molecule has 280 valence electrons. The summed E-state index contributed by atoms with van der Waals surface area (Å²) in [7, 11) is 5.35. The van der Waals surface area contributed by atoms with Crippen LogP contribution < -0.4 is 5.11 Å². The maximum Gasteiger partial charge on any atom is 0.306 e. The van der Waals surface area contributed by atoms with Crippen molar-refractivity contribution in [1.29, 1.82) is 0 Å². The summed E-state index contributed by atoms with van der Waals surface area (Å²) in [5.41, 5.74) is 0. The minimum absolute atomic E-state index is 0.00538. The molecular formula is C41H69NO7. The van der Waals surface area contributed by atoms with Crippen molar-refractivity contribution in [2.24, 2.45) is 0 Å². The van der Waals surface area contributed by atoms with Crippen molar-refractivity contribution >= 4 is 17.9 Å². The number of aliphatic carboxylic acids is 1. The predicted molar refractivity (Wildman–Crippen MR) is 199 cm³/mol. The summed E-state index contributed by atoms with van der Waals surface area (Å²) in [6.07, 6.45) is 37.1. The van der Waals surface area contributed by atoms with Gasteiger partial charge in [-0.25, -0.2) is 0 Å². The van der Waals surface area contributed by atoms with Crippen LogP contribution in [0.15, 0.2) is 60.8 Å². The number of hydrogen-bond donors (Lipinski definition) is 0. The highest BCUT2D eigenvalue weighted by molar-refractivity contribution is 5.70. The van der Waals surface area contributed by atoms with Crippen molar-refractivity contribution in [3.05, 3.63) is 60.8 Å². The minimum atomic E-state index is -1.14. The second kappa shape index (κ2) is 32.2. The number of carboxylic acids is 1. The van der Waals surface area contributed by atoms with E-state index in [1.807, 2.05) is 6.08 Å². The fourth-order valence-electron chi connectivity index (χ4n) is 4.90. The molecule has 49 heavy (non-hydrogen) atoms. The lowest BCUT2D eigenvalue weighted by molar-refractivity contribution is -0.889. The number of ether oxygens (including phenoxy) is 3. The third-order valence-electron chi connectivity index (χ3n) is 7.89. The number of hydrogen-bond acceptors (Lipinski definition) is 7. The summed E-state index contributed by atoms with van der Waals surface area (Å²) in [5.74, 6) is -1.89. The van der Waals surface area contributed by atoms with E-state index < -0.39 is 18.1 Å². The van der Waals surface area contributed by atoms with Crippen LogP contribution in [-0.4, -0.2) is 75.5 Å². The molecule has 0 rings (SSSR count). The van der Waals surface area contributed by atoms with Crippen LogP contribution in [0, 0.1) is 0 Å². The highest BCUT2D eigenvalue weighted by Crippen LogP contribution is 2.10. The molecule has 2 atom stereocenters. The fourth-order valence-corrected chi connectivity index (χ4v) is 4.90. The number of rotatable bonds is 32. The van der Waals surface area contributed by atoms with E-state index in [9.17, 15) is 19.5 Å². The quantitative estimate of drug-likeness (QED) is 0.0305. The van der Waals surface area contributed by atoms with E-state index in [1.54, 1.807) is 21.1 Å². The van der Waals surface area contributed by atoms with Crippen LogP contribution in [0.25, 0.3) is 0 Å². The van der Waals surface area contributed by atoms with E-state index >= 15 is 0 Å². The molecule has 0 N–H and O–H groups in total. The number of carboxylic acid groups (broad SMARTS) is 1. The molecule has 0 bridgehead atoms. The maximum absolute atomic E-state index is 12.5. The van der Waals surface area contributed by atoms with Gasteiger partial charge < -0.3 is 28.6 Å². The maximum atomic E-state index is 12.5. The summed E-state index contributed by atoms with van der Waals surface area (Å²) in [4.78, 5) is 36.5. The van der Waals surface area contributed by atoms with E-state index in [1.165, 1.54) is 44.9 Å². The van der Waals surface area contributed by atoms with E-state index in [2.05, 4.69) is 68.5 Å². The first-order valence-electron chi connectivity index (χ1n) is 18.8. The molecule has 0 saturated heterocycles. The first-order chi connectivity index (χ1) is 23.6. The van der Waals surface area contributed by atoms with Crippen LogP contribution in [0.4, 0.5) is 0 Å². The van der Waals surface area contributed by atoms with Crippen LogP contribution in [0.3, 0.4) is 0 Å². The van der Waals surface area contributed by atoms with Crippen LogP contribution in [0.2, 0.25) is 0 Å². The molecule has 0 fully saturated rings. The normalized spacial score (nSPS) is 13.7. The zero-order chi connectivity index (χ0) is 36.4. The molecule has 0 spiro atoms. The molecule has 0 aromatic rings. The van der Waals surface area contributed by atoms with E-state index in [0.29, 0.717) is 12.8 Å². The molecule has 0 amide bonds. The second-order valence-electron chi connectivity index (χ2n) is 13.4. The average molecular weight is 688 g/mol. The second-order valence-corrected chi connectivity index (χ2v) is 13.4. The lowest BCUT2D eigenvalue weighted by Gasteiger charge is -2.34. The van der Waals surface area contributed by atoms with Gasteiger partial charge in [0.1, 0.15) is 12.6 Å². The molecule has 0 aromatic carbocycles. The van der Waals surface area contributed by atoms with Gasteiger partial charge in [-0.3, -0.25) is 9.59 Å². The fraction of sp³-hybridized carbons (Fsp3) is 0.683. The van der Waals surface area contributed by atoms with E-state index in [-0.39, 0.29) is 55.5 Å². The predicted octanol–water partition coefficient (Wildman–Crippen LogP) is 8.13. The third kappa shape index (κ3) is 30.8. The van der Waals surface area contributed by atoms with Crippen molar-refractivity contribution in [2.75, 3.05) is 41.0 Å². The minimum Gasteiger partial charge on any atom is -0.544 e. The molecule has 0 aliphatic heterocycles. The van der Waals surface area contributed by atoms with Gasteiger partial charge in [-0.1, -0.05) is 107 Å². The van der Waals surface area contributed by atoms with Crippen LogP contribution in [0.1, 0.15) is 129 Å². The highest BCUT2D eigenvalue weighted by atomic mass is 16.6. The Morgan fingerprint density at radius 2 is 1.12 bits per heavy atom. The summed E-state index contributed by atoms with van der Waals surface area (Å²) in [6, 6.07) is -0.739. The van der Waals surface area contributed by atoms with Gasteiger partial charge >= 0.3 is 11.9 Å². The van der Waals surface area contributed by atoms with Crippen molar-refractivity contribution in [2.45, 2.75) is 142 Å². The highest BCUT2D eigenvalue weighted by Gasteiger charge is 2.25. The van der Waals surface area contributed by atoms with Gasteiger partial charge in [-0.2, -0.15) is 0 Å². The zero-order valence-corrected chi connectivity index (χ0v) is 31.6. The Hall–Kier alpha value is -2.97. The van der Waals surface area contributed by atoms with Gasteiger partial charge in [0.2, 0.25) is 0 Å². The van der Waals surface area contributed by atoms with E-state index in [0.717, 1.165) is 38.5 Å². The lowest BCUT2D eigenvalue weighted by Crippen LogP contribution is -2.55. The zero-order valence-electron chi connectivity index (χ0n) is 31.6.